The minimum atomic E-state index is -3.91. The molecule has 0 fully saturated rings. The fourth-order valence-corrected chi connectivity index (χ4v) is 4.78. The first-order valence-corrected chi connectivity index (χ1v) is 9.51. The Kier molecular flexibility index (Phi) is 3.81. The highest BCUT2D eigenvalue weighted by molar-refractivity contribution is 7.89. The normalized spacial score (nSPS) is 17.6. The van der Waals surface area contributed by atoms with Crippen LogP contribution in [-0.2, 0) is 22.9 Å². The third-order valence-electron chi connectivity index (χ3n) is 4.59. The number of aromatic nitrogens is 3. The zero-order chi connectivity index (χ0) is 17.6. The predicted octanol–water partition coefficient (Wildman–Crippen LogP) is 2.24. The molecule has 0 spiro atoms. The number of halogens is 1. The molecule has 0 bridgehead atoms. The number of fused-ring (bicyclic) bond motifs is 3. The van der Waals surface area contributed by atoms with Crippen LogP contribution in [0.1, 0.15) is 23.1 Å². The van der Waals surface area contributed by atoms with Gasteiger partial charge in [0.25, 0.3) is 0 Å². The number of nitrogens with zero attached hydrogens (tertiary/aromatic N) is 2. The van der Waals surface area contributed by atoms with E-state index < -0.39 is 15.8 Å². The molecule has 3 aromatic rings. The van der Waals surface area contributed by atoms with Crippen LogP contribution < -0.4 is 4.72 Å². The van der Waals surface area contributed by atoms with Gasteiger partial charge < -0.3 is 0 Å². The van der Waals surface area contributed by atoms with Crippen molar-refractivity contribution in [2.45, 2.75) is 37.1 Å². The standard InChI is InChI=1S/C17H17FN4O2S/c1-10-2-5-15(18)16(6-10)25(23,24)22-12-3-4-13-11(7-12)8-19-17-14(13)9-20-21-17/h2,5-6,8-9,12,22H,3-4,7H2,1H3,(H,19,20,21). The van der Waals surface area contributed by atoms with Crippen LogP contribution in [0.3, 0.4) is 0 Å². The van der Waals surface area contributed by atoms with Crippen LogP contribution in [0.2, 0.25) is 0 Å². The molecule has 2 aromatic heterocycles. The molecule has 4 rings (SSSR count). The molecule has 0 saturated heterocycles. The predicted molar refractivity (Wildman–Crippen MR) is 91.2 cm³/mol. The first-order valence-electron chi connectivity index (χ1n) is 8.02. The summed E-state index contributed by atoms with van der Waals surface area (Å²) in [6, 6.07) is 3.79. The minimum absolute atomic E-state index is 0.288. The summed E-state index contributed by atoms with van der Waals surface area (Å²) >= 11 is 0. The van der Waals surface area contributed by atoms with Gasteiger partial charge in [0, 0.05) is 17.6 Å². The zero-order valence-electron chi connectivity index (χ0n) is 13.6. The second kappa shape index (κ2) is 5.89. The quantitative estimate of drug-likeness (QED) is 0.750. The van der Waals surface area contributed by atoms with Crippen LogP contribution in [0.15, 0.2) is 35.5 Å². The van der Waals surface area contributed by atoms with E-state index in [-0.39, 0.29) is 10.9 Å². The van der Waals surface area contributed by atoms with Crippen molar-refractivity contribution in [1.82, 2.24) is 19.9 Å². The lowest BCUT2D eigenvalue weighted by molar-refractivity contribution is 0.502. The van der Waals surface area contributed by atoms with Crippen LogP contribution in [0.4, 0.5) is 4.39 Å². The summed E-state index contributed by atoms with van der Waals surface area (Å²) in [5.41, 5.74) is 3.58. The third kappa shape index (κ3) is 2.91. The van der Waals surface area contributed by atoms with Crippen LogP contribution in [0.25, 0.3) is 11.0 Å². The number of nitrogens with one attached hydrogen (secondary N) is 2. The van der Waals surface area contributed by atoms with Gasteiger partial charge in [-0.2, -0.15) is 5.10 Å². The van der Waals surface area contributed by atoms with Crippen molar-refractivity contribution in [2.24, 2.45) is 0 Å². The van der Waals surface area contributed by atoms with Crippen LogP contribution in [0, 0.1) is 12.7 Å². The average Bonchev–Trinajstić information content (AvgIpc) is 3.05. The maximum atomic E-state index is 14.0. The SMILES string of the molecule is Cc1ccc(F)c(S(=O)(=O)NC2CCc3c(cnc4[nH]ncc34)C2)c1. The number of rotatable bonds is 3. The lowest BCUT2D eigenvalue weighted by Gasteiger charge is -2.25. The molecule has 8 heteroatoms. The molecule has 1 aromatic carbocycles. The number of sulfonamides is 1. The lowest BCUT2D eigenvalue weighted by Crippen LogP contribution is -2.39. The van der Waals surface area contributed by atoms with Gasteiger partial charge in [0.15, 0.2) is 5.65 Å². The second-order valence-electron chi connectivity index (χ2n) is 6.39. The summed E-state index contributed by atoms with van der Waals surface area (Å²) in [4.78, 5) is 4.01. The van der Waals surface area contributed by atoms with Gasteiger partial charge in [-0.3, -0.25) is 5.10 Å². The summed E-state index contributed by atoms with van der Waals surface area (Å²) < 4.78 is 41.8. The minimum Gasteiger partial charge on any atom is -0.261 e. The van der Waals surface area contributed by atoms with Crippen molar-refractivity contribution >= 4 is 21.1 Å². The van der Waals surface area contributed by atoms with Crippen molar-refractivity contribution in [3.63, 3.8) is 0 Å². The highest BCUT2D eigenvalue weighted by Crippen LogP contribution is 2.27. The van der Waals surface area contributed by atoms with E-state index in [2.05, 4.69) is 19.9 Å². The lowest BCUT2D eigenvalue weighted by atomic mass is 9.88. The molecule has 2 N–H and O–H groups in total. The van der Waals surface area contributed by atoms with Crippen LogP contribution in [-0.4, -0.2) is 29.6 Å². The maximum absolute atomic E-state index is 14.0. The summed E-state index contributed by atoms with van der Waals surface area (Å²) in [7, 11) is -3.91. The molecule has 2 heterocycles. The smallest absolute Gasteiger partial charge is 0.243 e. The fraction of sp³-hybridized carbons (Fsp3) is 0.294. The van der Waals surface area contributed by atoms with E-state index in [9.17, 15) is 12.8 Å². The van der Waals surface area contributed by atoms with Gasteiger partial charge in [-0.25, -0.2) is 22.5 Å². The molecular weight excluding hydrogens is 343 g/mol. The average molecular weight is 360 g/mol. The zero-order valence-corrected chi connectivity index (χ0v) is 14.4. The summed E-state index contributed by atoms with van der Waals surface area (Å²) in [6.07, 6.45) is 5.38. The van der Waals surface area contributed by atoms with Crippen molar-refractivity contribution in [2.75, 3.05) is 0 Å². The molecule has 6 nitrogen and oxygen atoms in total. The van der Waals surface area contributed by atoms with Gasteiger partial charge in [-0.1, -0.05) is 6.07 Å². The van der Waals surface area contributed by atoms with Crippen LogP contribution in [0.5, 0.6) is 0 Å². The summed E-state index contributed by atoms with van der Waals surface area (Å²) in [5.74, 6) is -0.740. The fourth-order valence-electron chi connectivity index (χ4n) is 3.35. The summed E-state index contributed by atoms with van der Waals surface area (Å²) in [5, 5.41) is 7.82. The molecule has 0 amide bonds. The Morgan fingerprint density at radius 3 is 3.00 bits per heavy atom. The van der Waals surface area contributed by atoms with E-state index in [0.29, 0.717) is 18.4 Å². The third-order valence-corrected chi connectivity index (χ3v) is 6.12. The molecule has 130 valence electrons. The van der Waals surface area contributed by atoms with Gasteiger partial charge in [-0.15, -0.1) is 0 Å². The first-order chi connectivity index (χ1) is 11.9. The molecule has 25 heavy (non-hydrogen) atoms. The van der Waals surface area contributed by atoms with Gasteiger partial charge in [0.2, 0.25) is 10.0 Å². The Bertz CT molecular complexity index is 1060. The number of hydrogen-bond donors (Lipinski definition) is 2. The maximum Gasteiger partial charge on any atom is 0.243 e. The molecule has 1 atom stereocenters. The topological polar surface area (TPSA) is 87.7 Å². The van der Waals surface area contributed by atoms with Crippen molar-refractivity contribution in [1.29, 1.82) is 0 Å². The Morgan fingerprint density at radius 1 is 1.32 bits per heavy atom. The van der Waals surface area contributed by atoms with Gasteiger partial charge in [0.05, 0.1) is 6.20 Å². The Labute approximate surface area is 144 Å². The highest BCUT2D eigenvalue weighted by atomic mass is 32.2. The molecule has 0 radical (unpaired) electrons. The second-order valence-corrected chi connectivity index (χ2v) is 8.07. The molecule has 0 saturated carbocycles. The van der Waals surface area contributed by atoms with Crippen molar-refractivity contribution in [3.8, 4) is 0 Å². The van der Waals surface area contributed by atoms with E-state index in [1.165, 1.54) is 12.1 Å². The molecular formula is C17H17FN4O2S. The van der Waals surface area contributed by atoms with E-state index in [1.807, 2.05) is 0 Å². The van der Waals surface area contributed by atoms with Gasteiger partial charge >= 0.3 is 0 Å². The monoisotopic (exact) mass is 360 g/mol. The van der Waals surface area contributed by atoms with Crippen molar-refractivity contribution < 1.29 is 12.8 Å². The molecule has 1 aliphatic rings. The number of pyridine rings is 1. The number of aromatic amines is 1. The molecule has 0 aliphatic heterocycles. The van der Waals surface area contributed by atoms with Crippen molar-refractivity contribution in [3.05, 3.63) is 53.1 Å². The Balaban J connectivity index is 1.61. The highest BCUT2D eigenvalue weighted by Gasteiger charge is 2.27. The molecule has 1 aliphatic carbocycles. The first kappa shape index (κ1) is 16.2. The van der Waals surface area contributed by atoms with E-state index >= 15 is 0 Å². The number of hydrogen-bond acceptors (Lipinski definition) is 4. The Morgan fingerprint density at radius 2 is 2.16 bits per heavy atom. The van der Waals surface area contributed by atoms with E-state index in [4.69, 9.17) is 0 Å². The number of H-pyrrole nitrogens is 1. The number of aryl methyl sites for hydroxylation is 2. The van der Waals surface area contributed by atoms with Gasteiger partial charge in [0.1, 0.15) is 10.7 Å². The Hall–Kier alpha value is -2.32. The van der Waals surface area contributed by atoms with E-state index in [0.717, 1.165) is 28.6 Å². The largest absolute Gasteiger partial charge is 0.261 e. The van der Waals surface area contributed by atoms with E-state index in [1.54, 1.807) is 25.4 Å². The molecule has 1 unspecified atom stereocenters. The number of benzene rings is 1. The summed E-state index contributed by atoms with van der Waals surface area (Å²) in [6.45, 7) is 1.73. The van der Waals surface area contributed by atoms with Crippen LogP contribution >= 0.6 is 0 Å². The van der Waals surface area contributed by atoms with Gasteiger partial charge in [-0.05, 0) is 55.0 Å².